The highest BCUT2D eigenvalue weighted by Gasteiger charge is 2.21. The number of alkyl carbamates (subject to hydrolysis) is 1. The van der Waals surface area contributed by atoms with Crippen molar-refractivity contribution in [2.45, 2.75) is 39.7 Å². The molecule has 1 heterocycles. The van der Waals surface area contributed by atoms with Crippen LogP contribution in [0.1, 0.15) is 32.8 Å². The average molecular weight is 347 g/mol. The van der Waals surface area contributed by atoms with E-state index >= 15 is 0 Å². The van der Waals surface area contributed by atoms with E-state index in [0.717, 1.165) is 13.1 Å². The third-order valence-corrected chi connectivity index (χ3v) is 4.01. The Morgan fingerprint density at radius 2 is 1.84 bits per heavy atom. The van der Waals surface area contributed by atoms with Crippen LogP contribution in [0.15, 0.2) is 24.3 Å². The Bertz CT molecular complexity index is 602. The van der Waals surface area contributed by atoms with Crippen LogP contribution in [0, 0.1) is 6.92 Å². The summed E-state index contributed by atoms with van der Waals surface area (Å²) >= 11 is 0. The summed E-state index contributed by atoms with van der Waals surface area (Å²) in [6, 6.07) is 8.42. The van der Waals surface area contributed by atoms with Crippen LogP contribution in [0.2, 0.25) is 0 Å². The van der Waals surface area contributed by atoms with Crippen LogP contribution in [0.5, 0.6) is 0 Å². The van der Waals surface area contributed by atoms with Crippen molar-refractivity contribution in [2.24, 2.45) is 0 Å². The number of piperazine rings is 1. The molecule has 6 heteroatoms. The minimum absolute atomic E-state index is 0.0694. The molecule has 1 aliphatic rings. The van der Waals surface area contributed by atoms with Gasteiger partial charge >= 0.3 is 6.09 Å². The van der Waals surface area contributed by atoms with E-state index in [2.05, 4.69) is 41.4 Å². The molecule has 1 N–H and O–H groups in total. The summed E-state index contributed by atoms with van der Waals surface area (Å²) in [5.41, 5.74) is 1.92. The Balaban J connectivity index is 1.71. The number of carbonyl (C=O) groups excluding carboxylic acids is 2. The van der Waals surface area contributed by atoms with E-state index in [1.165, 1.54) is 11.3 Å². The number of amides is 2. The SMILES string of the molecule is Cc1cccc(N2CCN(C(=O)CCNC(=O)OC(C)(C)C)CC2)c1. The molecule has 2 rings (SSSR count). The molecule has 1 saturated heterocycles. The second-order valence-corrected chi connectivity index (χ2v) is 7.39. The van der Waals surface area contributed by atoms with Crippen LogP contribution in [-0.4, -0.2) is 55.2 Å². The smallest absolute Gasteiger partial charge is 0.407 e. The van der Waals surface area contributed by atoms with E-state index in [9.17, 15) is 9.59 Å². The number of nitrogens with zero attached hydrogens (tertiary/aromatic N) is 2. The number of nitrogens with one attached hydrogen (secondary N) is 1. The first-order valence-corrected chi connectivity index (χ1v) is 8.81. The van der Waals surface area contributed by atoms with Gasteiger partial charge in [0.25, 0.3) is 0 Å². The van der Waals surface area contributed by atoms with Crippen LogP contribution in [0.3, 0.4) is 0 Å². The van der Waals surface area contributed by atoms with Gasteiger partial charge in [0.05, 0.1) is 0 Å². The van der Waals surface area contributed by atoms with Crippen molar-refractivity contribution >= 4 is 17.7 Å². The predicted molar refractivity (Wildman–Crippen MR) is 98.8 cm³/mol. The maximum atomic E-state index is 12.3. The summed E-state index contributed by atoms with van der Waals surface area (Å²) < 4.78 is 5.16. The Morgan fingerprint density at radius 1 is 1.16 bits per heavy atom. The van der Waals surface area contributed by atoms with Crippen LogP contribution in [-0.2, 0) is 9.53 Å². The lowest BCUT2D eigenvalue weighted by atomic mass is 10.2. The Morgan fingerprint density at radius 3 is 2.44 bits per heavy atom. The predicted octanol–water partition coefficient (Wildman–Crippen LogP) is 2.56. The zero-order valence-corrected chi connectivity index (χ0v) is 15.7. The normalized spacial score (nSPS) is 15.0. The van der Waals surface area contributed by atoms with Gasteiger partial charge in [0.2, 0.25) is 5.91 Å². The first-order chi connectivity index (χ1) is 11.7. The molecule has 138 valence electrons. The summed E-state index contributed by atoms with van der Waals surface area (Å²) in [5.74, 6) is 0.0694. The molecule has 0 unspecified atom stereocenters. The van der Waals surface area contributed by atoms with E-state index in [-0.39, 0.29) is 5.91 Å². The Hall–Kier alpha value is -2.24. The van der Waals surface area contributed by atoms with Crippen LogP contribution in [0.4, 0.5) is 10.5 Å². The number of benzene rings is 1. The van der Waals surface area contributed by atoms with Gasteiger partial charge in [0.1, 0.15) is 5.60 Å². The van der Waals surface area contributed by atoms with Crippen molar-refractivity contribution in [3.8, 4) is 0 Å². The van der Waals surface area contributed by atoms with Gasteiger partial charge in [-0.05, 0) is 45.4 Å². The lowest BCUT2D eigenvalue weighted by Gasteiger charge is -2.36. The number of hydrogen-bond acceptors (Lipinski definition) is 4. The fourth-order valence-corrected chi connectivity index (χ4v) is 2.78. The summed E-state index contributed by atoms with van der Waals surface area (Å²) in [5, 5.41) is 2.63. The van der Waals surface area contributed by atoms with Gasteiger partial charge in [-0.2, -0.15) is 0 Å². The van der Waals surface area contributed by atoms with Gasteiger partial charge in [0.15, 0.2) is 0 Å². The molecule has 0 saturated carbocycles. The number of rotatable bonds is 4. The molecule has 0 bridgehead atoms. The largest absolute Gasteiger partial charge is 0.444 e. The van der Waals surface area contributed by atoms with Crippen molar-refractivity contribution in [1.29, 1.82) is 0 Å². The molecule has 0 atom stereocenters. The lowest BCUT2D eigenvalue weighted by Crippen LogP contribution is -2.49. The highest BCUT2D eigenvalue weighted by molar-refractivity contribution is 5.77. The van der Waals surface area contributed by atoms with Crippen molar-refractivity contribution in [3.63, 3.8) is 0 Å². The zero-order valence-electron chi connectivity index (χ0n) is 15.7. The van der Waals surface area contributed by atoms with E-state index in [0.29, 0.717) is 26.1 Å². The summed E-state index contributed by atoms with van der Waals surface area (Å²) in [7, 11) is 0. The molecule has 6 nitrogen and oxygen atoms in total. The molecule has 1 fully saturated rings. The van der Waals surface area contributed by atoms with E-state index in [1.807, 2.05) is 25.7 Å². The van der Waals surface area contributed by atoms with Crippen molar-refractivity contribution in [2.75, 3.05) is 37.6 Å². The summed E-state index contributed by atoms with van der Waals surface area (Å²) in [6.07, 6.45) is -0.187. The number of hydrogen-bond donors (Lipinski definition) is 1. The van der Waals surface area contributed by atoms with Gasteiger partial charge < -0.3 is 19.9 Å². The lowest BCUT2D eigenvalue weighted by molar-refractivity contribution is -0.131. The topological polar surface area (TPSA) is 61.9 Å². The Kier molecular flexibility index (Phi) is 6.28. The molecule has 0 spiro atoms. The molecule has 1 aromatic rings. The second kappa shape index (κ2) is 8.23. The zero-order chi connectivity index (χ0) is 18.4. The van der Waals surface area contributed by atoms with Gasteiger partial charge in [0, 0.05) is 44.8 Å². The van der Waals surface area contributed by atoms with Gasteiger partial charge in [-0.25, -0.2) is 4.79 Å². The fourth-order valence-electron chi connectivity index (χ4n) is 2.78. The van der Waals surface area contributed by atoms with Crippen LogP contribution in [0.25, 0.3) is 0 Å². The molecule has 2 amide bonds. The van der Waals surface area contributed by atoms with Crippen LogP contribution < -0.4 is 10.2 Å². The van der Waals surface area contributed by atoms with Crippen molar-refractivity contribution < 1.29 is 14.3 Å². The first-order valence-electron chi connectivity index (χ1n) is 8.81. The quantitative estimate of drug-likeness (QED) is 0.909. The molecule has 1 aromatic carbocycles. The number of anilines is 1. The van der Waals surface area contributed by atoms with Gasteiger partial charge in [-0.1, -0.05) is 12.1 Å². The average Bonchev–Trinajstić information content (AvgIpc) is 2.53. The molecule has 0 aromatic heterocycles. The van der Waals surface area contributed by atoms with Crippen molar-refractivity contribution in [1.82, 2.24) is 10.2 Å². The highest BCUT2D eigenvalue weighted by Crippen LogP contribution is 2.18. The first kappa shape index (κ1) is 19.1. The summed E-state index contributed by atoms with van der Waals surface area (Å²) in [6.45, 7) is 10.9. The van der Waals surface area contributed by atoms with E-state index in [1.54, 1.807) is 0 Å². The molecule has 0 aliphatic carbocycles. The fraction of sp³-hybridized carbons (Fsp3) is 0.579. The molecular formula is C19H29N3O3. The van der Waals surface area contributed by atoms with Crippen LogP contribution >= 0.6 is 0 Å². The molecule has 1 aliphatic heterocycles. The third kappa shape index (κ3) is 6.29. The monoisotopic (exact) mass is 347 g/mol. The standard InChI is InChI=1S/C19H29N3O3/c1-15-6-5-7-16(14-15)21-10-12-22(13-11-21)17(23)8-9-20-18(24)25-19(2,3)4/h5-7,14H,8-13H2,1-4H3,(H,20,24). The second-order valence-electron chi connectivity index (χ2n) is 7.39. The van der Waals surface area contributed by atoms with Gasteiger partial charge in [-0.3, -0.25) is 4.79 Å². The van der Waals surface area contributed by atoms with E-state index in [4.69, 9.17) is 4.74 Å². The highest BCUT2D eigenvalue weighted by atomic mass is 16.6. The minimum atomic E-state index is -0.528. The maximum absolute atomic E-state index is 12.3. The third-order valence-electron chi connectivity index (χ3n) is 4.01. The Labute approximate surface area is 150 Å². The van der Waals surface area contributed by atoms with E-state index < -0.39 is 11.7 Å². The van der Waals surface area contributed by atoms with Gasteiger partial charge in [-0.15, -0.1) is 0 Å². The number of aryl methyl sites for hydroxylation is 1. The molecule has 0 radical (unpaired) electrons. The number of ether oxygens (including phenoxy) is 1. The van der Waals surface area contributed by atoms with Crippen molar-refractivity contribution in [3.05, 3.63) is 29.8 Å². The maximum Gasteiger partial charge on any atom is 0.407 e. The minimum Gasteiger partial charge on any atom is -0.444 e. The number of carbonyl (C=O) groups is 2. The molecular weight excluding hydrogens is 318 g/mol. The molecule has 25 heavy (non-hydrogen) atoms. The summed E-state index contributed by atoms with van der Waals surface area (Å²) in [4.78, 5) is 28.0.